The Bertz CT molecular complexity index is 731. The Hall–Kier alpha value is -1.96. The van der Waals surface area contributed by atoms with Gasteiger partial charge in [-0.25, -0.2) is 9.18 Å². The molecule has 5 nitrogen and oxygen atoms in total. The van der Waals surface area contributed by atoms with Gasteiger partial charge in [0.05, 0.1) is 17.3 Å². The first-order valence-electron chi connectivity index (χ1n) is 8.43. The first kappa shape index (κ1) is 21.3. The molecule has 0 atom stereocenters. The summed E-state index contributed by atoms with van der Waals surface area (Å²) in [5.41, 5.74) is 0.497. The number of hydrogen-bond donors (Lipinski definition) is 2. The van der Waals surface area contributed by atoms with Gasteiger partial charge in [-0.1, -0.05) is 17.7 Å². The standard InChI is InChI=1S/C19H22ClFN2O3S/c1-25-11-12-26-18-16(20)4-2-5-17(18)23-19(24)22-10-3-13-27-15-8-6-14(21)7-9-15/h2,4-9H,3,10-13H2,1H3,(H2,22,23,24). The fourth-order valence-corrected chi connectivity index (χ4v) is 3.22. The van der Waals surface area contributed by atoms with Gasteiger partial charge in [-0.2, -0.15) is 0 Å². The number of hydrogen-bond acceptors (Lipinski definition) is 4. The summed E-state index contributed by atoms with van der Waals surface area (Å²) >= 11 is 7.75. The average Bonchev–Trinajstić information content (AvgIpc) is 2.65. The summed E-state index contributed by atoms with van der Waals surface area (Å²) in [7, 11) is 1.58. The van der Waals surface area contributed by atoms with E-state index in [0.29, 0.717) is 36.2 Å². The molecule has 0 radical (unpaired) electrons. The molecule has 2 amide bonds. The van der Waals surface area contributed by atoms with Crippen molar-refractivity contribution in [1.82, 2.24) is 5.32 Å². The Morgan fingerprint density at radius 2 is 1.96 bits per heavy atom. The van der Waals surface area contributed by atoms with E-state index in [1.807, 2.05) is 0 Å². The lowest BCUT2D eigenvalue weighted by Crippen LogP contribution is -2.30. The van der Waals surface area contributed by atoms with Gasteiger partial charge < -0.3 is 20.1 Å². The molecule has 2 aromatic carbocycles. The van der Waals surface area contributed by atoms with Crippen molar-refractivity contribution in [2.75, 3.05) is 37.9 Å². The number of thioether (sulfide) groups is 1. The number of amides is 2. The molecule has 0 aliphatic rings. The number of rotatable bonds is 10. The van der Waals surface area contributed by atoms with Crippen LogP contribution in [0.1, 0.15) is 6.42 Å². The fraction of sp³-hybridized carbons (Fsp3) is 0.316. The number of methoxy groups -OCH3 is 1. The van der Waals surface area contributed by atoms with Gasteiger partial charge in [0, 0.05) is 18.6 Å². The molecular formula is C19H22ClFN2O3S. The van der Waals surface area contributed by atoms with E-state index in [4.69, 9.17) is 21.1 Å². The maximum atomic E-state index is 12.9. The minimum Gasteiger partial charge on any atom is -0.487 e. The molecule has 0 saturated carbocycles. The summed E-state index contributed by atoms with van der Waals surface area (Å²) in [6, 6.07) is 11.2. The van der Waals surface area contributed by atoms with Crippen LogP contribution < -0.4 is 15.4 Å². The van der Waals surface area contributed by atoms with E-state index in [2.05, 4.69) is 10.6 Å². The quantitative estimate of drug-likeness (QED) is 0.434. The maximum absolute atomic E-state index is 12.9. The second-order valence-corrected chi connectivity index (χ2v) is 7.07. The van der Waals surface area contributed by atoms with Gasteiger partial charge in [-0.3, -0.25) is 0 Å². The van der Waals surface area contributed by atoms with Crippen LogP contribution in [0.4, 0.5) is 14.9 Å². The molecule has 27 heavy (non-hydrogen) atoms. The molecular weight excluding hydrogens is 391 g/mol. The number of benzene rings is 2. The second-order valence-electron chi connectivity index (χ2n) is 5.49. The SMILES string of the molecule is COCCOc1c(Cl)cccc1NC(=O)NCCCSc1ccc(F)cc1. The molecule has 0 spiro atoms. The molecule has 0 heterocycles. The molecule has 0 aliphatic carbocycles. The molecule has 0 bridgehead atoms. The number of halogens is 2. The molecule has 0 aliphatic heterocycles. The summed E-state index contributed by atoms with van der Waals surface area (Å²) < 4.78 is 23.4. The van der Waals surface area contributed by atoms with E-state index in [-0.39, 0.29) is 11.8 Å². The fourth-order valence-electron chi connectivity index (χ4n) is 2.14. The lowest BCUT2D eigenvalue weighted by atomic mass is 10.3. The Kier molecular flexibility index (Phi) is 9.24. The van der Waals surface area contributed by atoms with Crippen LogP contribution in [0, 0.1) is 5.82 Å². The topological polar surface area (TPSA) is 59.6 Å². The summed E-state index contributed by atoms with van der Waals surface area (Å²) in [6.45, 7) is 1.26. The van der Waals surface area contributed by atoms with Gasteiger partial charge in [0.1, 0.15) is 12.4 Å². The third-order valence-corrected chi connectivity index (χ3v) is 4.83. The summed E-state index contributed by atoms with van der Waals surface area (Å²) in [5.74, 6) is 0.983. The minimum absolute atomic E-state index is 0.246. The molecule has 146 valence electrons. The monoisotopic (exact) mass is 412 g/mol. The number of urea groups is 1. The summed E-state index contributed by atoms with van der Waals surface area (Å²) in [5, 5.41) is 5.95. The van der Waals surface area contributed by atoms with E-state index in [0.717, 1.165) is 17.1 Å². The zero-order valence-electron chi connectivity index (χ0n) is 15.0. The van der Waals surface area contributed by atoms with E-state index in [9.17, 15) is 9.18 Å². The first-order valence-corrected chi connectivity index (χ1v) is 9.80. The molecule has 2 rings (SSSR count). The van der Waals surface area contributed by atoms with E-state index in [1.165, 1.54) is 12.1 Å². The van der Waals surface area contributed by atoms with Crippen LogP contribution in [0.25, 0.3) is 0 Å². The normalized spacial score (nSPS) is 10.5. The van der Waals surface area contributed by atoms with Gasteiger partial charge >= 0.3 is 6.03 Å². The Balaban J connectivity index is 1.73. The van der Waals surface area contributed by atoms with E-state index >= 15 is 0 Å². The smallest absolute Gasteiger partial charge is 0.319 e. The first-order chi connectivity index (χ1) is 13.1. The third kappa shape index (κ3) is 7.66. The van der Waals surface area contributed by atoms with Crippen LogP contribution in [-0.4, -0.2) is 38.7 Å². The van der Waals surface area contributed by atoms with Crippen molar-refractivity contribution < 1.29 is 18.7 Å². The lowest BCUT2D eigenvalue weighted by molar-refractivity contribution is 0.146. The van der Waals surface area contributed by atoms with Gasteiger partial charge in [0.2, 0.25) is 0 Å². The predicted octanol–water partition coefficient (Wildman–Crippen LogP) is 4.81. The predicted molar refractivity (Wildman–Crippen MR) is 108 cm³/mol. The highest BCUT2D eigenvalue weighted by molar-refractivity contribution is 7.99. The average molecular weight is 413 g/mol. The van der Waals surface area contributed by atoms with Crippen molar-refractivity contribution in [3.05, 3.63) is 53.3 Å². The highest BCUT2D eigenvalue weighted by Gasteiger charge is 2.11. The largest absolute Gasteiger partial charge is 0.487 e. The molecule has 2 N–H and O–H groups in total. The molecule has 0 fully saturated rings. The van der Waals surface area contributed by atoms with E-state index in [1.54, 1.807) is 49.2 Å². The maximum Gasteiger partial charge on any atom is 0.319 e. The van der Waals surface area contributed by atoms with Crippen LogP contribution in [0.5, 0.6) is 5.75 Å². The summed E-state index contributed by atoms with van der Waals surface area (Å²) in [4.78, 5) is 13.1. The Labute approximate surface area is 167 Å². The van der Waals surface area contributed by atoms with Gasteiger partial charge in [0.15, 0.2) is 5.75 Å². The van der Waals surface area contributed by atoms with Crippen LogP contribution >= 0.6 is 23.4 Å². The van der Waals surface area contributed by atoms with Crippen molar-refractivity contribution in [3.8, 4) is 5.75 Å². The van der Waals surface area contributed by atoms with Gasteiger partial charge in [0.25, 0.3) is 0 Å². The Morgan fingerprint density at radius 1 is 1.19 bits per heavy atom. The van der Waals surface area contributed by atoms with Crippen LogP contribution in [0.3, 0.4) is 0 Å². The highest BCUT2D eigenvalue weighted by atomic mass is 35.5. The highest BCUT2D eigenvalue weighted by Crippen LogP contribution is 2.32. The third-order valence-electron chi connectivity index (χ3n) is 3.44. The number of anilines is 1. The van der Waals surface area contributed by atoms with Crippen molar-refractivity contribution in [2.45, 2.75) is 11.3 Å². The minimum atomic E-state index is -0.333. The number of ether oxygens (including phenoxy) is 2. The number of nitrogens with one attached hydrogen (secondary N) is 2. The van der Waals surface area contributed by atoms with Crippen molar-refractivity contribution in [2.24, 2.45) is 0 Å². The number of carbonyl (C=O) groups excluding carboxylic acids is 1. The van der Waals surface area contributed by atoms with Crippen molar-refractivity contribution >= 4 is 35.1 Å². The van der Waals surface area contributed by atoms with Crippen LogP contribution in [-0.2, 0) is 4.74 Å². The van der Waals surface area contributed by atoms with Crippen LogP contribution in [0.2, 0.25) is 5.02 Å². The van der Waals surface area contributed by atoms with Crippen LogP contribution in [0.15, 0.2) is 47.4 Å². The second kappa shape index (κ2) is 11.7. The molecule has 2 aromatic rings. The number of para-hydroxylation sites is 1. The molecule has 0 aromatic heterocycles. The van der Waals surface area contributed by atoms with Gasteiger partial charge in [-0.15, -0.1) is 11.8 Å². The zero-order chi connectivity index (χ0) is 19.5. The molecule has 8 heteroatoms. The van der Waals surface area contributed by atoms with Crippen molar-refractivity contribution in [3.63, 3.8) is 0 Å². The summed E-state index contributed by atoms with van der Waals surface area (Å²) in [6.07, 6.45) is 0.780. The zero-order valence-corrected chi connectivity index (χ0v) is 16.5. The van der Waals surface area contributed by atoms with E-state index < -0.39 is 0 Å². The van der Waals surface area contributed by atoms with Crippen molar-refractivity contribution in [1.29, 1.82) is 0 Å². The molecule has 0 unspecified atom stereocenters. The Morgan fingerprint density at radius 3 is 2.70 bits per heavy atom. The lowest BCUT2D eigenvalue weighted by Gasteiger charge is -2.14. The van der Waals surface area contributed by atoms with Gasteiger partial charge in [-0.05, 0) is 48.6 Å². The molecule has 0 saturated heterocycles. The number of carbonyl (C=O) groups is 1.